The van der Waals surface area contributed by atoms with Gasteiger partial charge >= 0.3 is 5.97 Å². The maximum atomic E-state index is 11.1. The van der Waals surface area contributed by atoms with Crippen molar-refractivity contribution in [2.75, 3.05) is 12.3 Å². The highest BCUT2D eigenvalue weighted by Crippen LogP contribution is 2.09. The zero-order valence-electron chi connectivity index (χ0n) is 8.97. The summed E-state index contributed by atoms with van der Waals surface area (Å²) in [6, 6.07) is 0. The summed E-state index contributed by atoms with van der Waals surface area (Å²) in [5.41, 5.74) is 10.7. The van der Waals surface area contributed by atoms with Crippen molar-refractivity contribution in [2.45, 2.75) is 19.9 Å². The number of nitrogen functional groups attached to an aromatic ring is 1. The molecule has 0 aliphatic heterocycles. The second-order valence-corrected chi connectivity index (χ2v) is 3.09. The average molecular weight is 226 g/mol. The van der Waals surface area contributed by atoms with Gasteiger partial charge in [0.15, 0.2) is 5.69 Å². The van der Waals surface area contributed by atoms with E-state index in [2.05, 4.69) is 4.98 Å². The van der Waals surface area contributed by atoms with E-state index in [0.29, 0.717) is 13.2 Å². The first kappa shape index (κ1) is 12.0. The number of hydrogen-bond acceptors (Lipinski definition) is 5. The molecule has 0 aromatic carbocycles. The first-order chi connectivity index (χ1) is 7.56. The summed E-state index contributed by atoms with van der Waals surface area (Å²) in [6.07, 6.45) is 1.54. The van der Waals surface area contributed by atoms with Gasteiger partial charge in [0, 0.05) is 6.54 Å². The summed E-state index contributed by atoms with van der Waals surface area (Å²) in [6.45, 7) is 2.38. The summed E-state index contributed by atoms with van der Waals surface area (Å²) < 4.78 is 6.24. The summed E-state index contributed by atoms with van der Waals surface area (Å²) in [5, 5.41) is 0. The Bertz CT molecular complexity index is 399. The van der Waals surface area contributed by atoms with Gasteiger partial charge in [-0.15, -0.1) is 0 Å². The molecule has 1 rings (SSSR count). The summed E-state index contributed by atoms with van der Waals surface area (Å²) in [7, 11) is 0. The van der Waals surface area contributed by atoms with E-state index in [1.807, 2.05) is 0 Å². The number of aryl methyl sites for hydroxylation is 1. The topological polar surface area (TPSA) is 113 Å². The number of esters is 1. The molecule has 0 spiro atoms. The maximum Gasteiger partial charge on any atom is 0.307 e. The SMILES string of the molecule is CCOC(=O)CCn1cnc(C(N)=O)c1N. The second-order valence-electron chi connectivity index (χ2n) is 3.09. The van der Waals surface area contributed by atoms with Crippen molar-refractivity contribution in [1.29, 1.82) is 0 Å². The molecule has 1 aromatic rings. The van der Waals surface area contributed by atoms with E-state index in [-0.39, 0.29) is 23.9 Å². The lowest BCUT2D eigenvalue weighted by molar-refractivity contribution is -0.143. The van der Waals surface area contributed by atoms with Gasteiger partial charge in [0.2, 0.25) is 0 Å². The van der Waals surface area contributed by atoms with E-state index < -0.39 is 5.91 Å². The van der Waals surface area contributed by atoms with Gasteiger partial charge in [-0.1, -0.05) is 0 Å². The van der Waals surface area contributed by atoms with Crippen molar-refractivity contribution >= 4 is 17.7 Å². The van der Waals surface area contributed by atoms with Crippen LogP contribution in [0, 0.1) is 0 Å². The Morgan fingerprint density at radius 3 is 2.75 bits per heavy atom. The molecular formula is C9H14N4O3. The van der Waals surface area contributed by atoms with Gasteiger partial charge in [-0.3, -0.25) is 9.59 Å². The first-order valence-electron chi connectivity index (χ1n) is 4.82. The molecule has 0 atom stereocenters. The monoisotopic (exact) mass is 226 g/mol. The minimum Gasteiger partial charge on any atom is -0.466 e. The number of carbonyl (C=O) groups is 2. The summed E-state index contributed by atoms with van der Waals surface area (Å²) >= 11 is 0. The number of amides is 1. The van der Waals surface area contributed by atoms with E-state index in [0.717, 1.165) is 0 Å². The maximum absolute atomic E-state index is 11.1. The van der Waals surface area contributed by atoms with Crippen LogP contribution in [-0.4, -0.2) is 28.0 Å². The van der Waals surface area contributed by atoms with Crippen LogP contribution in [0.4, 0.5) is 5.82 Å². The molecule has 0 saturated carbocycles. The van der Waals surface area contributed by atoms with Crippen molar-refractivity contribution in [3.05, 3.63) is 12.0 Å². The third-order valence-corrected chi connectivity index (χ3v) is 1.97. The summed E-state index contributed by atoms with van der Waals surface area (Å²) in [5.74, 6) is -0.847. The largest absolute Gasteiger partial charge is 0.466 e. The molecule has 4 N–H and O–H groups in total. The Morgan fingerprint density at radius 1 is 1.56 bits per heavy atom. The Labute approximate surface area is 92.4 Å². The van der Waals surface area contributed by atoms with Gasteiger partial charge < -0.3 is 20.8 Å². The molecule has 0 aliphatic carbocycles. The first-order valence-corrected chi connectivity index (χ1v) is 4.82. The Balaban J connectivity index is 2.61. The molecule has 7 nitrogen and oxygen atoms in total. The smallest absolute Gasteiger partial charge is 0.307 e. The number of hydrogen-bond donors (Lipinski definition) is 2. The predicted octanol–water partition coefficient (Wildman–Crippen LogP) is -0.483. The molecule has 16 heavy (non-hydrogen) atoms. The van der Waals surface area contributed by atoms with Gasteiger partial charge in [0.1, 0.15) is 5.82 Å². The van der Waals surface area contributed by atoms with Crippen LogP contribution in [0.2, 0.25) is 0 Å². The lowest BCUT2D eigenvalue weighted by atomic mass is 10.4. The Hall–Kier alpha value is -2.05. The zero-order valence-corrected chi connectivity index (χ0v) is 8.97. The minimum absolute atomic E-state index is 0.0175. The lowest BCUT2D eigenvalue weighted by Gasteiger charge is -2.04. The van der Waals surface area contributed by atoms with Crippen molar-refractivity contribution in [3.63, 3.8) is 0 Å². The molecule has 88 valence electrons. The van der Waals surface area contributed by atoms with Crippen LogP contribution in [0.5, 0.6) is 0 Å². The minimum atomic E-state index is -0.688. The highest BCUT2D eigenvalue weighted by atomic mass is 16.5. The third kappa shape index (κ3) is 2.72. The van der Waals surface area contributed by atoms with E-state index in [1.165, 1.54) is 10.9 Å². The zero-order chi connectivity index (χ0) is 12.1. The number of imidazole rings is 1. The van der Waals surface area contributed by atoms with Crippen molar-refractivity contribution in [1.82, 2.24) is 9.55 Å². The molecule has 0 unspecified atom stereocenters. The van der Waals surface area contributed by atoms with E-state index in [4.69, 9.17) is 16.2 Å². The predicted molar refractivity (Wildman–Crippen MR) is 56.4 cm³/mol. The van der Waals surface area contributed by atoms with Gasteiger partial charge in [0.25, 0.3) is 5.91 Å². The van der Waals surface area contributed by atoms with Crippen LogP contribution < -0.4 is 11.5 Å². The standard InChI is InChI=1S/C9H14N4O3/c1-2-16-6(14)3-4-13-5-12-7(8(13)10)9(11)15/h5H,2-4,10H2,1H3,(H2,11,15). The van der Waals surface area contributed by atoms with E-state index >= 15 is 0 Å². The molecule has 0 fully saturated rings. The number of anilines is 1. The van der Waals surface area contributed by atoms with Gasteiger partial charge in [-0.05, 0) is 6.92 Å². The van der Waals surface area contributed by atoms with Crippen molar-refractivity contribution in [2.24, 2.45) is 5.73 Å². The quantitative estimate of drug-likeness (QED) is 0.658. The molecule has 0 bridgehead atoms. The van der Waals surface area contributed by atoms with Crippen molar-refractivity contribution in [3.8, 4) is 0 Å². The summed E-state index contributed by atoms with van der Waals surface area (Å²) in [4.78, 5) is 25.7. The van der Waals surface area contributed by atoms with Crippen molar-refractivity contribution < 1.29 is 14.3 Å². The number of carbonyl (C=O) groups excluding carboxylic acids is 2. The number of nitrogens with zero attached hydrogens (tertiary/aromatic N) is 2. The third-order valence-electron chi connectivity index (χ3n) is 1.97. The van der Waals surface area contributed by atoms with Crippen LogP contribution in [0.1, 0.15) is 23.8 Å². The molecule has 0 radical (unpaired) electrons. The fourth-order valence-electron chi connectivity index (χ4n) is 1.20. The van der Waals surface area contributed by atoms with Gasteiger partial charge in [0.05, 0.1) is 19.4 Å². The number of nitrogens with two attached hydrogens (primary N) is 2. The van der Waals surface area contributed by atoms with Crippen LogP contribution in [0.25, 0.3) is 0 Å². The van der Waals surface area contributed by atoms with Crippen LogP contribution >= 0.6 is 0 Å². The molecule has 1 amide bonds. The van der Waals surface area contributed by atoms with Crippen LogP contribution in [0.3, 0.4) is 0 Å². The second kappa shape index (κ2) is 5.15. The van der Waals surface area contributed by atoms with Crippen LogP contribution in [0.15, 0.2) is 6.33 Å². The molecule has 0 aliphatic rings. The molecule has 7 heteroatoms. The van der Waals surface area contributed by atoms with E-state index in [9.17, 15) is 9.59 Å². The Morgan fingerprint density at radius 2 is 2.25 bits per heavy atom. The number of ether oxygens (including phenoxy) is 1. The highest BCUT2D eigenvalue weighted by Gasteiger charge is 2.13. The van der Waals surface area contributed by atoms with E-state index in [1.54, 1.807) is 6.92 Å². The van der Waals surface area contributed by atoms with Gasteiger partial charge in [-0.2, -0.15) is 0 Å². The number of primary amides is 1. The molecule has 1 aromatic heterocycles. The number of aromatic nitrogens is 2. The Kier molecular flexibility index (Phi) is 3.87. The average Bonchev–Trinajstić information content (AvgIpc) is 2.57. The normalized spacial score (nSPS) is 10.1. The van der Waals surface area contributed by atoms with Crippen LogP contribution in [-0.2, 0) is 16.1 Å². The lowest BCUT2D eigenvalue weighted by Crippen LogP contribution is -2.15. The fourth-order valence-corrected chi connectivity index (χ4v) is 1.20. The fraction of sp³-hybridized carbons (Fsp3) is 0.444. The molecule has 1 heterocycles. The van der Waals surface area contributed by atoms with Gasteiger partial charge in [-0.25, -0.2) is 4.98 Å². The number of rotatable bonds is 5. The molecular weight excluding hydrogens is 212 g/mol. The molecule has 0 saturated heterocycles. The highest BCUT2D eigenvalue weighted by molar-refractivity contribution is 5.95.